The molecule has 0 atom stereocenters. The monoisotopic (exact) mass is 298 g/mol. The van der Waals surface area contributed by atoms with Crippen molar-refractivity contribution in [3.05, 3.63) is 82.6 Å². The van der Waals surface area contributed by atoms with Gasteiger partial charge in [0.15, 0.2) is 5.78 Å². The van der Waals surface area contributed by atoms with Gasteiger partial charge < -0.3 is 0 Å². The van der Waals surface area contributed by atoms with Gasteiger partial charge in [-0.2, -0.15) is 0 Å². The van der Waals surface area contributed by atoms with Crippen molar-refractivity contribution in [3.8, 4) is 0 Å². The summed E-state index contributed by atoms with van der Waals surface area (Å²) in [6, 6.07) is 17.8. The van der Waals surface area contributed by atoms with Crippen molar-refractivity contribution in [1.29, 1.82) is 0 Å². The second-order valence-electron chi connectivity index (χ2n) is 4.91. The minimum absolute atomic E-state index is 0.0376. The third-order valence-electron chi connectivity index (χ3n) is 3.41. The molecule has 0 aromatic heterocycles. The Morgan fingerprint density at radius 3 is 2.52 bits per heavy atom. The summed E-state index contributed by atoms with van der Waals surface area (Å²) in [5.41, 5.74) is 0.897. The van der Waals surface area contributed by atoms with Crippen LogP contribution in [-0.2, 0) is 6.42 Å². The summed E-state index contributed by atoms with van der Waals surface area (Å²) < 4.78 is 13.7. The zero-order valence-electron chi connectivity index (χ0n) is 11.1. The van der Waals surface area contributed by atoms with Gasteiger partial charge >= 0.3 is 0 Å². The first-order valence-electron chi connectivity index (χ1n) is 6.59. The van der Waals surface area contributed by atoms with Gasteiger partial charge in [0.25, 0.3) is 0 Å². The van der Waals surface area contributed by atoms with Crippen molar-refractivity contribution < 1.29 is 9.18 Å². The first-order valence-corrected chi connectivity index (χ1v) is 6.97. The van der Waals surface area contributed by atoms with Gasteiger partial charge in [-0.25, -0.2) is 4.39 Å². The molecule has 0 bridgehead atoms. The van der Waals surface area contributed by atoms with Crippen LogP contribution in [0.5, 0.6) is 0 Å². The minimum atomic E-state index is -0.537. The van der Waals surface area contributed by atoms with Crippen molar-refractivity contribution in [2.45, 2.75) is 6.42 Å². The number of ketones is 1. The van der Waals surface area contributed by atoms with E-state index in [0.717, 1.165) is 16.3 Å². The highest BCUT2D eigenvalue weighted by molar-refractivity contribution is 6.31. The minimum Gasteiger partial charge on any atom is -0.294 e. The number of Topliss-reactive ketones (excluding diaryl/α,β-unsaturated/α-hetero) is 1. The predicted molar refractivity (Wildman–Crippen MR) is 83.4 cm³/mol. The van der Waals surface area contributed by atoms with Crippen LogP contribution in [0.25, 0.3) is 10.8 Å². The molecule has 1 nitrogen and oxygen atoms in total. The van der Waals surface area contributed by atoms with Gasteiger partial charge in [-0.05, 0) is 34.5 Å². The van der Waals surface area contributed by atoms with Crippen molar-refractivity contribution >= 4 is 28.2 Å². The molecule has 0 aliphatic rings. The maximum absolute atomic E-state index is 13.7. The maximum Gasteiger partial charge on any atom is 0.170 e. The fraction of sp³-hybridized carbons (Fsp3) is 0.0556. The summed E-state index contributed by atoms with van der Waals surface area (Å²) in [6.45, 7) is 0. The summed E-state index contributed by atoms with van der Waals surface area (Å²) in [5.74, 6) is -0.810. The molecule has 0 spiro atoms. The van der Waals surface area contributed by atoms with Crippen LogP contribution in [0.15, 0.2) is 60.7 Å². The second-order valence-corrected chi connectivity index (χ2v) is 5.34. The molecule has 0 amide bonds. The quantitative estimate of drug-likeness (QED) is 0.618. The molecule has 0 saturated carbocycles. The van der Waals surface area contributed by atoms with Gasteiger partial charge in [0.2, 0.25) is 0 Å². The summed E-state index contributed by atoms with van der Waals surface area (Å²) >= 11 is 5.82. The summed E-state index contributed by atoms with van der Waals surface area (Å²) in [6.07, 6.45) is 0.155. The van der Waals surface area contributed by atoms with Gasteiger partial charge in [0.05, 0.1) is 5.56 Å². The molecule has 21 heavy (non-hydrogen) atoms. The molecule has 0 aliphatic heterocycles. The number of hydrogen-bond acceptors (Lipinski definition) is 1. The number of benzene rings is 3. The van der Waals surface area contributed by atoms with Crippen molar-refractivity contribution in [1.82, 2.24) is 0 Å². The first-order chi connectivity index (χ1) is 10.1. The Balaban J connectivity index is 1.90. The largest absolute Gasteiger partial charge is 0.294 e. The van der Waals surface area contributed by atoms with Crippen molar-refractivity contribution in [3.63, 3.8) is 0 Å². The van der Waals surface area contributed by atoms with Crippen LogP contribution >= 0.6 is 11.6 Å². The number of fused-ring (bicyclic) bond motifs is 1. The van der Waals surface area contributed by atoms with Crippen LogP contribution < -0.4 is 0 Å². The van der Waals surface area contributed by atoms with Crippen molar-refractivity contribution in [2.24, 2.45) is 0 Å². The van der Waals surface area contributed by atoms with E-state index in [1.54, 1.807) is 0 Å². The molecule has 0 fully saturated rings. The summed E-state index contributed by atoms with van der Waals surface area (Å²) in [5, 5.41) is 2.54. The molecule has 0 heterocycles. The van der Waals surface area contributed by atoms with E-state index in [2.05, 4.69) is 0 Å². The smallest absolute Gasteiger partial charge is 0.170 e. The number of carbonyl (C=O) groups is 1. The third-order valence-corrected chi connectivity index (χ3v) is 3.64. The van der Waals surface area contributed by atoms with Gasteiger partial charge in [0, 0.05) is 11.4 Å². The highest BCUT2D eigenvalue weighted by Crippen LogP contribution is 2.20. The molecular weight excluding hydrogens is 287 g/mol. The van der Waals surface area contributed by atoms with E-state index in [4.69, 9.17) is 11.6 Å². The first kappa shape index (κ1) is 13.8. The Morgan fingerprint density at radius 1 is 0.952 bits per heavy atom. The molecule has 0 radical (unpaired) electrons. The number of hydrogen-bond donors (Lipinski definition) is 0. The molecular formula is C18H12ClFO. The van der Waals surface area contributed by atoms with Crippen LogP contribution in [0.4, 0.5) is 4.39 Å². The second kappa shape index (κ2) is 5.66. The Bertz CT molecular complexity index is 826. The van der Waals surface area contributed by atoms with E-state index in [0.29, 0.717) is 5.02 Å². The van der Waals surface area contributed by atoms with Crippen LogP contribution in [-0.4, -0.2) is 5.78 Å². The maximum atomic E-state index is 13.7. The molecule has 3 aromatic rings. The van der Waals surface area contributed by atoms with Crippen LogP contribution in [0, 0.1) is 5.82 Å². The molecule has 3 aromatic carbocycles. The molecule has 0 saturated heterocycles. The van der Waals surface area contributed by atoms with Crippen molar-refractivity contribution in [2.75, 3.05) is 0 Å². The lowest BCUT2D eigenvalue weighted by atomic mass is 10.00. The van der Waals surface area contributed by atoms with Gasteiger partial charge in [-0.3, -0.25) is 4.79 Å². The van der Waals surface area contributed by atoms with Crippen LogP contribution in [0.1, 0.15) is 15.9 Å². The summed E-state index contributed by atoms with van der Waals surface area (Å²) in [4.78, 5) is 12.2. The highest BCUT2D eigenvalue weighted by Gasteiger charge is 2.13. The fourth-order valence-corrected chi connectivity index (χ4v) is 2.51. The lowest BCUT2D eigenvalue weighted by Crippen LogP contribution is -2.06. The Kier molecular flexibility index (Phi) is 3.72. The normalized spacial score (nSPS) is 10.8. The molecule has 0 aliphatic carbocycles. The van der Waals surface area contributed by atoms with Crippen LogP contribution in [0.2, 0.25) is 5.02 Å². The Labute approximate surface area is 127 Å². The fourth-order valence-electron chi connectivity index (χ4n) is 2.34. The average molecular weight is 299 g/mol. The number of rotatable bonds is 3. The highest BCUT2D eigenvalue weighted by atomic mass is 35.5. The zero-order valence-corrected chi connectivity index (χ0v) is 11.9. The molecule has 0 N–H and O–H groups in total. The van der Waals surface area contributed by atoms with E-state index < -0.39 is 5.82 Å². The number of carbonyl (C=O) groups excluding carboxylic acids is 1. The lowest BCUT2D eigenvalue weighted by Gasteiger charge is -2.05. The standard InChI is InChI=1S/C18H12ClFO/c19-15-7-8-17(20)16(11-15)18(21)10-12-5-6-13-3-1-2-4-14(13)9-12/h1-9,11H,10H2. The van der Waals surface area contributed by atoms with E-state index in [1.807, 2.05) is 42.5 Å². The number of halogens is 2. The lowest BCUT2D eigenvalue weighted by molar-refractivity contribution is 0.0989. The van der Waals surface area contributed by atoms with E-state index in [9.17, 15) is 9.18 Å². The molecule has 3 heteroatoms. The Hall–Kier alpha value is -2.19. The van der Waals surface area contributed by atoms with E-state index >= 15 is 0 Å². The molecule has 0 unspecified atom stereocenters. The molecule has 3 rings (SSSR count). The van der Waals surface area contributed by atoms with Gasteiger partial charge in [-0.1, -0.05) is 54.1 Å². The zero-order chi connectivity index (χ0) is 14.8. The Morgan fingerprint density at radius 2 is 1.71 bits per heavy atom. The summed E-state index contributed by atoms with van der Waals surface area (Å²) in [7, 11) is 0. The topological polar surface area (TPSA) is 17.1 Å². The molecule has 104 valence electrons. The van der Waals surface area contributed by atoms with Gasteiger partial charge in [0.1, 0.15) is 5.82 Å². The van der Waals surface area contributed by atoms with Crippen LogP contribution in [0.3, 0.4) is 0 Å². The SMILES string of the molecule is O=C(Cc1ccc2ccccc2c1)c1cc(Cl)ccc1F. The van der Waals surface area contributed by atoms with Gasteiger partial charge in [-0.15, -0.1) is 0 Å². The van der Waals surface area contributed by atoms with E-state index in [-0.39, 0.29) is 17.8 Å². The van der Waals surface area contributed by atoms with E-state index in [1.165, 1.54) is 18.2 Å². The third kappa shape index (κ3) is 2.96. The average Bonchev–Trinajstić information content (AvgIpc) is 2.49. The predicted octanol–water partition coefficient (Wildman–Crippen LogP) is 5.06.